The molecule has 2 N–H and O–H groups in total. The van der Waals surface area contributed by atoms with Crippen LogP contribution in [0.5, 0.6) is 5.75 Å². The van der Waals surface area contributed by atoms with Gasteiger partial charge < -0.3 is 19.7 Å². The Morgan fingerprint density at radius 3 is 1.81 bits per heavy atom. The molecule has 0 saturated carbocycles. The normalized spacial score (nSPS) is 13.6. The Hall–Kier alpha value is -2.08. The fourth-order valence-electron chi connectivity index (χ4n) is 3.05. The van der Waals surface area contributed by atoms with Gasteiger partial charge in [0.05, 0.1) is 5.41 Å². The molecular formula is C26H42O6. The average Bonchev–Trinajstić information content (AvgIpc) is 2.67. The predicted molar refractivity (Wildman–Crippen MR) is 126 cm³/mol. The minimum absolute atomic E-state index is 0.146. The molecule has 182 valence electrons. The van der Waals surface area contributed by atoms with E-state index in [0.717, 1.165) is 16.7 Å². The van der Waals surface area contributed by atoms with Crippen molar-refractivity contribution in [2.75, 3.05) is 13.2 Å². The Labute approximate surface area is 193 Å². The van der Waals surface area contributed by atoms with E-state index in [-0.39, 0.29) is 36.4 Å². The van der Waals surface area contributed by atoms with Gasteiger partial charge in [-0.15, -0.1) is 0 Å². The number of phenolic OH excluding ortho intramolecular Hbond substituents is 1. The molecule has 0 amide bonds. The number of benzene rings is 1. The Balaban J connectivity index is 2.70. The van der Waals surface area contributed by atoms with Crippen molar-refractivity contribution in [3.63, 3.8) is 0 Å². The van der Waals surface area contributed by atoms with Crippen molar-refractivity contribution in [3.05, 3.63) is 28.8 Å². The zero-order valence-electron chi connectivity index (χ0n) is 21.3. The van der Waals surface area contributed by atoms with Gasteiger partial charge in [0, 0.05) is 6.42 Å². The summed E-state index contributed by atoms with van der Waals surface area (Å²) in [6.07, 6.45) is 0.167. The van der Waals surface area contributed by atoms with Crippen LogP contribution >= 0.6 is 0 Å². The molecule has 6 nitrogen and oxygen atoms in total. The van der Waals surface area contributed by atoms with E-state index in [1.807, 2.05) is 60.6 Å². The highest BCUT2D eigenvalue weighted by Crippen LogP contribution is 2.40. The molecule has 0 spiro atoms. The second kappa shape index (κ2) is 10.7. The molecule has 32 heavy (non-hydrogen) atoms. The SMILES string of the molecule is CCC(C)(C)C(=O)OCC(O)COC(=O)CCc1cc(C(C)(C)C)c(O)c(C(C)(C)C)c1. The number of aliphatic hydroxyl groups is 1. The van der Waals surface area contributed by atoms with Crippen molar-refractivity contribution in [1.29, 1.82) is 0 Å². The van der Waals surface area contributed by atoms with Gasteiger partial charge in [0.2, 0.25) is 0 Å². The molecule has 0 heterocycles. The molecule has 1 unspecified atom stereocenters. The highest BCUT2D eigenvalue weighted by Gasteiger charge is 2.28. The summed E-state index contributed by atoms with van der Waals surface area (Å²) in [6, 6.07) is 3.89. The Kier molecular flexibility index (Phi) is 9.34. The van der Waals surface area contributed by atoms with Crippen LogP contribution in [-0.4, -0.2) is 41.5 Å². The summed E-state index contributed by atoms with van der Waals surface area (Å²) in [4.78, 5) is 24.2. The minimum atomic E-state index is -1.07. The van der Waals surface area contributed by atoms with Crippen molar-refractivity contribution in [3.8, 4) is 5.75 Å². The maximum atomic E-state index is 12.2. The summed E-state index contributed by atoms with van der Waals surface area (Å²) in [5.74, 6) is -0.519. The standard InChI is InChI=1S/C26H42O6/c1-10-26(8,9)23(30)32-16-18(27)15-31-21(28)12-11-17-13-19(24(2,3)4)22(29)20(14-17)25(5,6)7/h13-14,18,27,29H,10-12,15-16H2,1-9H3. The van der Waals surface area contributed by atoms with E-state index in [4.69, 9.17) is 9.47 Å². The van der Waals surface area contributed by atoms with Crippen molar-refractivity contribution in [2.24, 2.45) is 5.41 Å². The molecule has 0 aromatic heterocycles. The van der Waals surface area contributed by atoms with Crippen LogP contribution in [0, 0.1) is 5.41 Å². The van der Waals surface area contributed by atoms with Crippen molar-refractivity contribution >= 4 is 11.9 Å². The van der Waals surface area contributed by atoms with Crippen LogP contribution in [-0.2, 0) is 36.3 Å². The third-order valence-electron chi connectivity index (χ3n) is 5.68. The Morgan fingerprint density at radius 2 is 1.38 bits per heavy atom. The summed E-state index contributed by atoms with van der Waals surface area (Å²) >= 11 is 0. The molecule has 1 atom stereocenters. The number of rotatable bonds is 9. The Bertz CT molecular complexity index is 761. The van der Waals surface area contributed by atoms with E-state index in [1.165, 1.54) is 0 Å². The predicted octanol–water partition coefficient (Wildman–Crippen LogP) is 4.80. The van der Waals surface area contributed by atoms with E-state index in [0.29, 0.717) is 18.6 Å². The monoisotopic (exact) mass is 450 g/mol. The molecule has 0 aliphatic heterocycles. The van der Waals surface area contributed by atoms with E-state index in [1.54, 1.807) is 13.8 Å². The maximum absolute atomic E-state index is 12.2. The molecule has 0 saturated heterocycles. The molecule has 1 rings (SSSR count). The number of aliphatic hydroxyl groups excluding tert-OH is 1. The molecular weight excluding hydrogens is 408 g/mol. The Morgan fingerprint density at radius 1 is 0.906 bits per heavy atom. The first-order valence-corrected chi connectivity index (χ1v) is 11.4. The number of aryl methyl sites for hydroxylation is 1. The zero-order chi connectivity index (χ0) is 24.9. The summed E-state index contributed by atoms with van der Waals surface area (Å²) < 4.78 is 10.3. The molecule has 1 aromatic carbocycles. The number of carbonyl (C=O) groups is 2. The molecule has 0 radical (unpaired) electrons. The van der Waals surface area contributed by atoms with Crippen LogP contribution in [0.4, 0.5) is 0 Å². The van der Waals surface area contributed by atoms with Gasteiger partial charge in [-0.3, -0.25) is 9.59 Å². The lowest BCUT2D eigenvalue weighted by Crippen LogP contribution is -2.31. The van der Waals surface area contributed by atoms with E-state index >= 15 is 0 Å². The lowest BCUT2D eigenvalue weighted by Gasteiger charge is -2.28. The average molecular weight is 451 g/mol. The van der Waals surface area contributed by atoms with E-state index < -0.39 is 17.5 Å². The quantitative estimate of drug-likeness (QED) is 0.525. The first kappa shape index (κ1) is 28.0. The third kappa shape index (κ3) is 8.12. The van der Waals surface area contributed by atoms with Crippen LogP contribution in [0.1, 0.15) is 91.8 Å². The number of carbonyl (C=O) groups excluding carboxylic acids is 2. The maximum Gasteiger partial charge on any atom is 0.311 e. The molecule has 6 heteroatoms. The first-order valence-electron chi connectivity index (χ1n) is 11.4. The second-order valence-electron chi connectivity index (χ2n) is 11.2. The number of aromatic hydroxyl groups is 1. The highest BCUT2D eigenvalue weighted by molar-refractivity contribution is 5.75. The van der Waals surface area contributed by atoms with Crippen LogP contribution in [0.2, 0.25) is 0 Å². The van der Waals surface area contributed by atoms with Crippen LogP contribution in [0.15, 0.2) is 12.1 Å². The number of hydrogen-bond acceptors (Lipinski definition) is 6. The van der Waals surface area contributed by atoms with Gasteiger partial charge in [0.25, 0.3) is 0 Å². The van der Waals surface area contributed by atoms with Crippen molar-refractivity contribution in [1.82, 2.24) is 0 Å². The molecule has 0 bridgehead atoms. The number of ether oxygens (including phenoxy) is 2. The highest BCUT2D eigenvalue weighted by atomic mass is 16.6. The van der Waals surface area contributed by atoms with Gasteiger partial charge in [-0.2, -0.15) is 0 Å². The molecule has 0 fully saturated rings. The fraction of sp³-hybridized carbons (Fsp3) is 0.692. The molecule has 0 aliphatic carbocycles. The number of hydrogen-bond donors (Lipinski definition) is 2. The summed E-state index contributed by atoms with van der Waals surface area (Å²) in [7, 11) is 0. The summed E-state index contributed by atoms with van der Waals surface area (Å²) in [5.41, 5.74) is 1.55. The largest absolute Gasteiger partial charge is 0.507 e. The van der Waals surface area contributed by atoms with Crippen LogP contribution in [0.25, 0.3) is 0 Å². The second-order valence-corrected chi connectivity index (χ2v) is 11.2. The summed E-state index contributed by atoms with van der Waals surface area (Å²) in [6.45, 7) is 17.3. The van der Waals surface area contributed by atoms with Gasteiger partial charge in [-0.25, -0.2) is 0 Å². The summed E-state index contributed by atoms with van der Waals surface area (Å²) in [5, 5.41) is 20.8. The third-order valence-corrected chi connectivity index (χ3v) is 5.68. The van der Waals surface area contributed by atoms with Crippen LogP contribution in [0.3, 0.4) is 0 Å². The van der Waals surface area contributed by atoms with Gasteiger partial charge in [-0.1, -0.05) is 60.6 Å². The zero-order valence-corrected chi connectivity index (χ0v) is 21.3. The number of esters is 2. The van der Waals surface area contributed by atoms with Gasteiger partial charge in [-0.05, 0) is 54.2 Å². The molecule has 0 aliphatic rings. The van der Waals surface area contributed by atoms with Gasteiger partial charge in [0.15, 0.2) is 0 Å². The van der Waals surface area contributed by atoms with Crippen LogP contribution < -0.4 is 0 Å². The van der Waals surface area contributed by atoms with Gasteiger partial charge in [0.1, 0.15) is 25.1 Å². The minimum Gasteiger partial charge on any atom is -0.507 e. The first-order chi connectivity index (χ1) is 14.5. The molecule has 1 aromatic rings. The van der Waals surface area contributed by atoms with Gasteiger partial charge >= 0.3 is 11.9 Å². The van der Waals surface area contributed by atoms with E-state index in [9.17, 15) is 19.8 Å². The van der Waals surface area contributed by atoms with E-state index in [2.05, 4.69) is 0 Å². The lowest BCUT2D eigenvalue weighted by atomic mass is 9.78. The topological polar surface area (TPSA) is 93.1 Å². The lowest BCUT2D eigenvalue weighted by molar-refractivity contribution is -0.159. The smallest absolute Gasteiger partial charge is 0.311 e. The van der Waals surface area contributed by atoms with Crippen molar-refractivity contribution < 1.29 is 29.3 Å². The van der Waals surface area contributed by atoms with Crippen molar-refractivity contribution in [2.45, 2.75) is 98.5 Å². The fourth-order valence-corrected chi connectivity index (χ4v) is 3.05. The number of phenols is 1.